The van der Waals surface area contributed by atoms with Gasteiger partial charge in [0, 0.05) is 20.8 Å². The zero-order valence-corrected chi connectivity index (χ0v) is 20.4. The summed E-state index contributed by atoms with van der Waals surface area (Å²) in [5, 5.41) is -0.936. The van der Waals surface area contributed by atoms with Crippen LogP contribution in [-0.4, -0.2) is 59.9 Å². The van der Waals surface area contributed by atoms with E-state index in [4.69, 9.17) is 23.7 Å². The van der Waals surface area contributed by atoms with Gasteiger partial charge in [-0.3, -0.25) is 14.4 Å². The molecule has 0 aromatic heterocycles. The number of carbonyl (C=O) groups is 4. The van der Waals surface area contributed by atoms with Crippen molar-refractivity contribution < 1.29 is 42.9 Å². The smallest absolute Gasteiger partial charge is 0.339 e. The lowest BCUT2D eigenvalue weighted by Gasteiger charge is -2.42. The molecular formula is C22H27BrO9. The minimum absolute atomic E-state index is 0.260. The van der Waals surface area contributed by atoms with Gasteiger partial charge < -0.3 is 23.7 Å². The molecule has 0 radical (unpaired) electrons. The molecule has 1 saturated heterocycles. The number of halogens is 1. The van der Waals surface area contributed by atoms with E-state index in [-0.39, 0.29) is 6.61 Å². The molecule has 1 heterocycles. The number of benzene rings is 1. The summed E-state index contributed by atoms with van der Waals surface area (Å²) < 4.78 is 27.2. The largest absolute Gasteiger partial charge is 0.463 e. The van der Waals surface area contributed by atoms with Gasteiger partial charge in [0.05, 0.1) is 5.56 Å². The Morgan fingerprint density at radius 2 is 1.38 bits per heavy atom. The van der Waals surface area contributed by atoms with Crippen molar-refractivity contribution in [2.24, 2.45) is 0 Å². The van der Waals surface area contributed by atoms with Crippen molar-refractivity contribution in [3.05, 3.63) is 34.4 Å². The number of esters is 4. The molecule has 0 aliphatic carbocycles. The van der Waals surface area contributed by atoms with E-state index in [9.17, 15) is 19.2 Å². The van der Waals surface area contributed by atoms with Gasteiger partial charge in [-0.1, -0.05) is 33.6 Å². The maximum atomic E-state index is 13.1. The first-order chi connectivity index (χ1) is 14.9. The van der Waals surface area contributed by atoms with Crippen molar-refractivity contribution in [3.63, 3.8) is 0 Å². The van der Waals surface area contributed by atoms with E-state index < -0.39 is 53.3 Å². The van der Waals surface area contributed by atoms with Gasteiger partial charge in [0.1, 0.15) is 12.7 Å². The van der Waals surface area contributed by atoms with Crippen LogP contribution < -0.4 is 0 Å². The first-order valence-corrected chi connectivity index (χ1v) is 10.9. The van der Waals surface area contributed by atoms with Crippen molar-refractivity contribution in [3.8, 4) is 0 Å². The van der Waals surface area contributed by atoms with Crippen LogP contribution in [0.25, 0.3) is 0 Å². The van der Waals surface area contributed by atoms with Gasteiger partial charge in [0.25, 0.3) is 0 Å². The minimum Gasteiger partial charge on any atom is -0.463 e. The molecule has 32 heavy (non-hydrogen) atoms. The molecule has 2 rings (SSSR count). The van der Waals surface area contributed by atoms with Gasteiger partial charge in [-0.2, -0.15) is 0 Å². The number of aryl methyl sites for hydroxylation is 3. The average molecular weight is 515 g/mol. The number of carbonyl (C=O) groups excluding carboxylic acids is 4. The van der Waals surface area contributed by atoms with Crippen LogP contribution >= 0.6 is 15.9 Å². The maximum Gasteiger partial charge on any atom is 0.339 e. The fraction of sp³-hybridized carbons (Fsp3) is 0.545. The third kappa shape index (κ3) is 6.52. The maximum absolute atomic E-state index is 13.1. The van der Waals surface area contributed by atoms with Crippen molar-refractivity contribution in [2.45, 2.75) is 71.0 Å². The van der Waals surface area contributed by atoms with Gasteiger partial charge in [0.15, 0.2) is 23.3 Å². The molecule has 1 fully saturated rings. The fourth-order valence-electron chi connectivity index (χ4n) is 3.67. The van der Waals surface area contributed by atoms with Gasteiger partial charge >= 0.3 is 23.9 Å². The van der Waals surface area contributed by atoms with Crippen LogP contribution in [0.4, 0.5) is 0 Å². The molecule has 0 saturated carbocycles. The zero-order chi connectivity index (χ0) is 24.2. The predicted octanol–water partition coefficient (Wildman–Crippen LogP) is 2.68. The highest BCUT2D eigenvalue weighted by molar-refractivity contribution is 9.09. The molecule has 0 amide bonds. The molecule has 1 aromatic carbocycles. The SMILES string of the molecule is CC(=O)OC[C@H]1O[C@H](Br)[C@H](OC(=O)c2c(C)cc(C)cc2C)[C@@H](OC(C)=O)[C@@H]1OC(C)=O. The molecule has 176 valence electrons. The Morgan fingerprint density at radius 1 is 0.844 bits per heavy atom. The fourth-order valence-corrected chi connectivity index (χ4v) is 4.35. The van der Waals surface area contributed by atoms with E-state index in [2.05, 4.69) is 15.9 Å². The minimum atomic E-state index is -1.20. The molecule has 0 N–H and O–H groups in total. The summed E-state index contributed by atoms with van der Waals surface area (Å²) in [5.74, 6) is -2.56. The summed E-state index contributed by atoms with van der Waals surface area (Å²) in [4.78, 5) is 47.9. The molecule has 0 unspecified atom stereocenters. The van der Waals surface area contributed by atoms with Crippen LogP contribution in [0.3, 0.4) is 0 Å². The molecule has 1 aromatic rings. The van der Waals surface area contributed by atoms with Crippen LogP contribution in [0.2, 0.25) is 0 Å². The van der Waals surface area contributed by atoms with Gasteiger partial charge in [-0.05, 0) is 31.9 Å². The topological polar surface area (TPSA) is 114 Å². The van der Waals surface area contributed by atoms with E-state index >= 15 is 0 Å². The number of hydrogen-bond donors (Lipinski definition) is 0. The molecular weight excluding hydrogens is 488 g/mol. The van der Waals surface area contributed by atoms with Crippen LogP contribution in [0.5, 0.6) is 0 Å². The lowest BCUT2D eigenvalue weighted by molar-refractivity contribution is -0.230. The summed E-state index contributed by atoms with van der Waals surface area (Å²) in [5.41, 5.74) is 2.83. The van der Waals surface area contributed by atoms with Crippen molar-refractivity contribution >= 4 is 39.8 Å². The van der Waals surface area contributed by atoms with E-state index in [1.165, 1.54) is 20.8 Å². The zero-order valence-electron chi connectivity index (χ0n) is 18.8. The van der Waals surface area contributed by atoms with Crippen molar-refractivity contribution in [1.29, 1.82) is 0 Å². The second-order valence-electron chi connectivity index (χ2n) is 7.62. The molecule has 5 atom stereocenters. The highest BCUT2D eigenvalue weighted by Gasteiger charge is 2.51. The van der Waals surface area contributed by atoms with Crippen LogP contribution in [0.1, 0.15) is 47.8 Å². The summed E-state index contributed by atoms with van der Waals surface area (Å²) in [6, 6.07) is 3.71. The molecule has 10 heteroatoms. The Morgan fingerprint density at radius 3 is 1.88 bits per heavy atom. The first-order valence-electron chi connectivity index (χ1n) is 9.96. The third-order valence-electron chi connectivity index (χ3n) is 4.76. The number of ether oxygens (including phenoxy) is 5. The van der Waals surface area contributed by atoms with Crippen LogP contribution in [0, 0.1) is 20.8 Å². The third-order valence-corrected chi connectivity index (χ3v) is 5.49. The van der Waals surface area contributed by atoms with Crippen molar-refractivity contribution in [2.75, 3.05) is 6.61 Å². The highest BCUT2D eigenvalue weighted by Crippen LogP contribution is 2.32. The van der Waals surface area contributed by atoms with E-state index in [1.54, 1.807) is 13.8 Å². The predicted molar refractivity (Wildman–Crippen MR) is 115 cm³/mol. The van der Waals surface area contributed by atoms with E-state index in [0.29, 0.717) is 5.56 Å². The normalized spacial score (nSPS) is 24.9. The Bertz CT molecular complexity index is 874. The summed E-state index contributed by atoms with van der Waals surface area (Å²) in [7, 11) is 0. The summed E-state index contributed by atoms with van der Waals surface area (Å²) >= 11 is 3.30. The number of hydrogen-bond acceptors (Lipinski definition) is 9. The quantitative estimate of drug-likeness (QED) is 0.321. The van der Waals surface area contributed by atoms with Gasteiger partial charge in [0.2, 0.25) is 0 Å². The monoisotopic (exact) mass is 514 g/mol. The second kappa shape index (κ2) is 10.9. The van der Waals surface area contributed by atoms with Crippen molar-refractivity contribution in [1.82, 2.24) is 0 Å². The molecule has 1 aliphatic heterocycles. The Balaban J connectivity index is 2.39. The Labute approximate surface area is 194 Å². The second-order valence-corrected chi connectivity index (χ2v) is 8.52. The van der Waals surface area contributed by atoms with Crippen LogP contribution in [0.15, 0.2) is 12.1 Å². The summed E-state index contributed by atoms with van der Waals surface area (Å²) in [6.07, 6.45) is -4.49. The number of alkyl halides is 1. The van der Waals surface area contributed by atoms with E-state index in [1.807, 2.05) is 19.1 Å². The van der Waals surface area contributed by atoms with E-state index in [0.717, 1.165) is 16.7 Å². The Hall–Kier alpha value is -2.46. The lowest BCUT2D eigenvalue weighted by atomic mass is 9.98. The molecule has 0 bridgehead atoms. The summed E-state index contributed by atoms with van der Waals surface area (Å²) in [6.45, 7) is 8.81. The molecule has 0 spiro atoms. The van der Waals surface area contributed by atoms with Gasteiger partial charge in [-0.25, -0.2) is 4.79 Å². The standard InChI is InChI=1S/C22H27BrO9/c1-10-7-11(2)17(12(3)8-10)22(27)32-20-19(30-15(6)26)18(29-14(5)25)16(31-21(20)23)9-28-13(4)24/h7-8,16,18-21H,9H2,1-6H3/t16-,18-,19+,20-,21+/m1/s1. The first kappa shape index (κ1) is 25.8. The Kier molecular flexibility index (Phi) is 8.80. The van der Waals surface area contributed by atoms with Crippen LogP contribution in [-0.2, 0) is 38.1 Å². The van der Waals surface area contributed by atoms with Gasteiger partial charge in [-0.15, -0.1) is 0 Å². The lowest BCUT2D eigenvalue weighted by Crippen LogP contribution is -2.61. The number of rotatable bonds is 6. The average Bonchev–Trinajstić information content (AvgIpc) is 2.63. The molecule has 9 nitrogen and oxygen atoms in total. The molecule has 1 aliphatic rings. The highest BCUT2D eigenvalue weighted by atomic mass is 79.9.